The van der Waals surface area contributed by atoms with Crippen molar-refractivity contribution in [1.29, 1.82) is 0 Å². The van der Waals surface area contributed by atoms with Crippen LogP contribution in [0.4, 0.5) is 10.1 Å². The average Bonchev–Trinajstić information content (AvgIpc) is 2.35. The largest absolute Gasteiger partial charge is 0.490 e. The first-order valence-corrected chi connectivity index (χ1v) is 9.55. The molecule has 0 heterocycles. The summed E-state index contributed by atoms with van der Waals surface area (Å²) in [6, 6.07) is 2.21. The van der Waals surface area contributed by atoms with Gasteiger partial charge in [-0.05, 0) is 18.1 Å². The van der Waals surface area contributed by atoms with E-state index in [1.54, 1.807) is 0 Å². The minimum atomic E-state index is -2.04. The maximum absolute atomic E-state index is 14.0. The molecule has 0 fully saturated rings. The van der Waals surface area contributed by atoms with Gasteiger partial charge in [-0.25, -0.2) is 4.39 Å². The number of methoxy groups -OCH3 is 1. The molecule has 0 aromatic heterocycles. The fourth-order valence-electron chi connectivity index (χ4n) is 1.48. The molecule has 1 aromatic rings. The zero-order valence-corrected chi connectivity index (χ0v) is 14.3. The van der Waals surface area contributed by atoms with E-state index in [0.29, 0.717) is 0 Å². The van der Waals surface area contributed by atoms with Crippen molar-refractivity contribution in [2.24, 2.45) is 0 Å². The van der Waals surface area contributed by atoms with Gasteiger partial charge in [-0.2, -0.15) is 0 Å². The number of rotatable bonds is 5. The van der Waals surface area contributed by atoms with Crippen molar-refractivity contribution in [1.82, 2.24) is 0 Å². The van der Waals surface area contributed by atoms with Crippen LogP contribution >= 0.6 is 0 Å². The van der Waals surface area contributed by atoms with Crippen molar-refractivity contribution in [2.45, 2.75) is 45.5 Å². The number of benzene rings is 1. The van der Waals surface area contributed by atoms with Crippen LogP contribution in [0.5, 0.6) is 5.75 Å². The van der Waals surface area contributed by atoms with Gasteiger partial charge in [0, 0.05) is 17.7 Å². The first kappa shape index (κ1) is 17.6. The van der Waals surface area contributed by atoms with Crippen LogP contribution in [-0.2, 0) is 11.0 Å². The Hall–Kier alpha value is -1.47. The van der Waals surface area contributed by atoms with Crippen LogP contribution in [0.25, 0.3) is 0 Å². The van der Waals surface area contributed by atoms with E-state index in [1.807, 2.05) is 13.1 Å². The summed E-state index contributed by atoms with van der Waals surface area (Å²) in [4.78, 5) is 10.4. The maximum atomic E-state index is 14.0. The van der Waals surface area contributed by atoms with Crippen LogP contribution in [0, 0.1) is 15.9 Å². The second-order valence-corrected chi connectivity index (χ2v) is 11.2. The Bertz CT molecular complexity index is 541. The topological polar surface area (TPSA) is 61.6 Å². The lowest BCUT2D eigenvalue weighted by atomic mass is 10.2. The zero-order chi connectivity index (χ0) is 16.4. The predicted molar refractivity (Wildman–Crippen MR) is 81.6 cm³/mol. The van der Waals surface area contributed by atoms with E-state index in [0.717, 1.165) is 6.07 Å². The number of nitro groups is 1. The maximum Gasteiger partial charge on any atom is 0.311 e. The van der Waals surface area contributed by atoms with Gasteiger partial charge < -0.3 is 9.16 Å². The summed E-state index contributed by atoms with van der Waals surface area (Å²) in [5, 5.41) is 11.0. The monoisotopic (exact) mass is 315 g/mol. The average molecular weight is 315 g/mol. The molecule has 118 valence electrons. The van der Waals surface area contributed by atoms with E-state index in [-0.39, 0.29) is 28.6 Å². The highest BCUT2D eigenvalue weighted by Crippen LogP contribution is 2.38. The van der Waals surface area contributed by atoms with Gasteiger partial charge in [0.25, 0.3) is 0 Å². The minimum Gasteiger partial charge on any atom is -0.490 e. The molecule has 0 spiro atoms. The number of nitrogens with zero attached hydrogens (tertiary/aromatic N) is 1. The molecule has 21 heavy (non-hydrogen) atoms. The first-order valence-electron chi connectivity index (χ1n) is 6.64. The second kappa shape index (κ2) is 6.11. The standard InChI is InChI=1S/C14H22FNO4Si/c1-14(2,3)21(5,6)20-9-10-7-12(16(17)18)13(19-4)8-11(10)15/h7-8H,9H2,1-6H3. The number of ether oxygens (including phenoxy) is 1. The summed E-state index contributed by atoms with van der Waals surface area (Å²) in [6.45, 7) is 10.3. The second-order valence-electron chi connectivity index (χ2n) is 6.42. The normalized spacial score (nSPS) is 12.3. The third-order valence-corrected chi connectivity index (χ3v) is 8.42. The molecule has 7 heteroatoms. The third kappa shape index (κ3) is 4.01. The Labute approximate surface area is 125 Å². The summed E-state index contributed by atoms with van der Waals surface area (Å²) in [5.74, 6) is -0.648. The van der Waals surface area contributed by atoms with Gasteiger partial charge in [0.05, 0.1) is 18.6 Å². The van der Waals surface area contributed by atoms with E-state index >= 15 is 0 Å². The summed E-state index contributed by atoms with van der Waals surface area (Å²) in [6.07, 6.45) is 0. The predicted octanol–water partition coefficient (Wildman–Crippen LogP) is 4.26. The smallest absolute Gasteiger partial charge is 0.311 e. The number of hydrogen-bond donors (Lipinski definition) is 0. The molecular weight excluding hydrogens is 293 g/mol. The number of nitro benzene ring substituents is 1. The van der Waals surface area contributed by atoms with Crippen LogP contribution in [-0.4, -0.2) is 20.4 Å². The Morgan fingerprint density at radius 1 is 1.33 bits per heavy atom. The molecular formula is C14H22FNO4Si. The molecule has 0 aliphatic carbocycles. The number of hydrogen-bond acceptors (Lipinski definition) is 4. The van der Waals surface area contributed by atoms with Crippen molar-refractivity contribution in [3.05, 3.63) is 33.6 Å². The Balaban J connectivity index is 3.05. The van der Waals surface area contributed by atoms with Crippen molar-refractivity contribution in [3.63, 3.8) is 0 Å². The van der Waals surface area contributed by atoms with Gasteiger partial charge in [0.15, 0.2) is 14.1 Å². The van der Waals surface area contributed by atoms with E-state index in [9.17, 15) is 14.5 Å². The first-order chi connectivity index (χ1) is 9.49. The van der Waals surface area contributed by atoms with E-state index in [2.05, 4.69) is 20.8 Å². The van der Waals surface area contributed by atoms with Crippen molar-refractivity contribution >= 4 is 14.0 Å². The lowest BCUT2D eigenvalue weighted by Gasteiger charge is -2.36. The van der Waals surface area contributed by atoms with Crippen LogP contribution in [0.2, 0.25) is 18.1 Å². The van der Waals surface area contributed by atoms with Gasteiger partial charge in [0.2, 0.25) is 0 Å². The fourth-order valence-corrected chi connectivity index (χ4v) is 2.43. The van der Waals surface area contributed by atoms with Gasteiger partial charge in [-0.1, -0.05) is 20.8 Å². The van der Waals surface area contributed by atoms with E-state index < -0.39 is 19.1 Å². The van der Waals surface area contributed by atoms with Gasteiger partial charge in [-0.15, -0.1) is 0 Å². The number of halogens is 1. The summed E-state index contributed by atoms with van der Waals surface area (Å²) >= 11 is 0. The van der Waals surface area contributed by atoms with Gasteiger partial charge >= 0.3 is 5.69 Å². The molecule has 0 amide bonds. The minimum absolute atomic E-state index is 0.0120. The Morgan fingerprint density at radius 3 is 2.33 bits per heavy atom. The molecule has 0 aliphatic heterocycles. The lowest BCUT2D eigenvalue weighted by molar-refractivity contribution is -0.385. The van der Waals surface area contributed by atoms with Crippen molar-refractivity contribution in [2.75, 3.05) is 7.11 Å². The molecule has 0 N–H and O–H groups in total. The summed E-state index contributed by atoms with van der Waals surface area (Å²) < 4.78 is 24.7. The molecule has 0 unspecified atom stereocenters. The molecule has 0 radical (unpaired) electrons. The van der Waals surface area contributed by atoms with Gasteiger partial charge in [-0.3, -0.25) is 10.1 Å². The Kier molecular flexibility index (Phi) is 5.11. The summed E-state index contributed by atoms with van der Waals surface area (Å²) in [7, 11) is -0.773. The molecule has 1 rings (SSSR count). The molecule has 0 saturated heterocycles. The van der Waals surface area contributed by atoms with Crippen LogP contribution in [0.15, 0.2) is 12.1 Å². The highest BCUT2D eigenvalue weighted by Gasteiger charge is 2.37. The molecule has 5 nitrogen and oxygen atoms in total. The Morgan fingerprint density at radius 2 is 1.90 bits per heavy atom. The molecule has 1 aromatic carbocycles. The van der Waals surface area contributed by atoms with Gasteiger partial charge in [0.1, 0.15) is 5.82 Å². The molecule has 0 bridgehead atoms. The van der Waals surface area contributed by atoms with Crippen molar-refractivity contribution < 1.29 is 18.5 Å². The highest BCUT2D eigenvalue weighted by molar-refractivity contribution is 6.74. The molecule has 0 saturated carbocycles. The zero-order valence-electron chi connectivity index (χ0n) is 13.3. The van der Waals surface area contributed by atoms with Crippen LogP contribution in [0.3, 0.4) is 0 Å². The lowest BCUT2D eigenvalue weighted by Crippen LogP contribution is -2.40. The van der Waals surface area contributed by atoms with Crippen LogP contribution in [0.1, 0.15) is 26.3 Å². The van der Waals surface area contributed by atoms with Crippen LogP contribution < -0.4 is 4.74 Å². The molecule has 0 atom stereocenters. The van der Waals surface area contributed by atoms with E-state index in [1.165, 1.54) is 13.2 Å². The highest BCUT2D eigenvalue weighted by atomic mass is 28.4. The quantitative estimate of drug-likeness (QED) is 0.462. The third-order valence-electron chi connectivity index (χ3n) is 3.94. The molecule has 0 aliphatic rings. The summed E-state index contributed by atoms with van der Waals surface area (Å²) in [5.41, 5.74) is -0.0833. The fraction of sp³-hybridized carbons (Fsp3) is 0.571. The van der Waals surface area contributed by atoms with Crippen molar-refractivity contribution in [3.8, 4) is 5.75 Å². The SMILES string of the molecule is COc1cc(F)c(CO[Si](C)(C)C(C)(C)C)cc1[N+](=O)[O-]. The van der Waals surface area contributed by atoms with E-state index in [4.69, 9.17) is 9.16 Å².